The molecule has 72 valence electrons. The van der Waals surface area contributed by atoms with Gasteiger partial charge in [0.2, 0.25) is 0 Å². The van der Waals surface area contributed by atoms with E-state index in [1.165, 1.54) is 0 Å². The molecule has 13 heavy (non-hydrogen) atoms. The Kier molecular flexibility index (Phi) is 2.72. The van der Waals surface area contributed by atoms with Crippen LogP contribution >= 0.6 is 15.9 Å². The van der Waals surface area contributed by atoms with Crippen LogP contribution in [0, 0.1) is 11.6 Å². The summed E-state index contributed by atoms with van der Waals surface area (Å²) in [4.78, 5) is -0.513. The maximum Gasteiger partial charge on any atom is 0.178 e. The Balaban J connectivity index is 3.53. The minimum Gasteiger partial charge on any atom is -0.224 e. The molecule has 0 aromatic heterocycles. The molecule has 2 nitrogen and oxygen atoms in total. The van der Waals surface area contributed by atoms with E-state index in [4.69, 9.17) is 0 Å². The summed E-state index contributed by atoms with van der Waals surface area (Å²) in [7, 11) is -3.64. The average molecular weight is 271 g/mol. The molecule has 0 N–H and O–H groups in total. The van der Waals surface area contributed by atoms with Gasteiger partial charge in [-0.2, -0.15) is 0 Å². The van der Waals surface area contributed by atoms with Gasteiger partial charge in [-0.25, -0.2) is 17.2 Å². The topological polar surface area (TPSA) is 34.1 Å². The molecule has 0 saturated heterocycles. The third-order valence-electron chi connectivity index (χ3n) is 1.40. The molecule has 0 aliphatic rings. The quantitative estimate of drug-likeness (QED) is 0.579. The molecule has 1 aromatic carbocycles. The number of benzene rings is 1. The van der Waals surface area contributed by atoms with Crippen molar-refractivity contribution in [3.63, 3.8) is 0 Å². The van der Waals surface area contributed by atoms with Crippen LogP contribution in [0.3, 0.4) is 0 Å². The Labute approximate surface area is 82.6 Å². The Bertz CT molecular complexity index is 442. The van der Waals surface area contributed by atoms with Gasteiger partial charge < -0.3 is 0 Å². The van der Waals surface area contributed by atoms with Gasteiger partial charge in [-0.05, 0) is 28.1 Å². The summed E-state index contributed by atoms with van der Waals surface area (Å²) in [5.41, 5.74) is 0. The largest absolute Gasteiger partial charge is 0.224 e. The second-order valence-corrected chi connectivity index (χ2v) is 5.22. The molecule has 0 amide bonds. The van der Waals surface area contributed by atoms with Crippen LogP contribution in [-0.4, -0.2) is 14.7 Å². The minimum atomic E-state index is -3.64. The zero-order valence-corrected chi connectivity index (χ0v) is 8.92. The van der Waals surface area contributed by atoms with Gasteiger partial charge in [-0.1, -0.05) is 0 Å². The van der Waals surface area contributed by atoms with Crippen molar-refractivity contribution in [1.29, 1.82) is 0 Å². The van der Waals surface area contributed by atoms with E-state index >= 15 is 0 Å². The number of halogens is 3. The number of rotatable bonds is 1. The maximum atomic E-state index is 13.1. The average Bonchev–Trinajstić information content (AvgIpc) is 1.98. The zero-order valence-electron chi connectivity index (χ0n) is 6.51. The first-order valence-electron chi connectivity index (χ1n) is 3.17. The van der Waals surface area contributed by atoms with E-state index in [-0.39, 0.29) is 0 Å². The van der Waals surface area contributed by atoms with Gasteiger partial charge in [0.25, 0.3) is 0 Å². The fourth-order valence-corrected chi connectivity index (χ4v) is 2.01. The molecule has 1 rings (SSSR count). The molecule has 1 aromatic rings. The van der Waals surface area contributed by atoms with Crippen LogP contribution in [-0.2, 0) is 9.84 Å². The Morgan fingerprint density at radius 3 is 2.31 bits per heavy atom. The van der Waals surface area contributed by atoms with Crippen molar-refractivity contribution in [1.82, 2.24) is 0 Å². The second kappa shape index (κ2) is 3.34. The molecule has 0 radical (unpaired) electrons. The SMILES string of the molecule is CS(=O)(=O)c1ccc(F)c(Br)c1F. The van der Waals surface area contributed by atoms with Gasteiger partial charge in [-0.15, -0.1) is 0 Å². The highest BCUT2D eigenvalue weighted by Gasteiger charge is 2.18. The van der Waals surface area contributed by atoms with E-state index in [1.807, 2.05) is 0 Å². The Morgan fingerprint density at radius 2 is 1.85 bits per heavy atom. The van der Waals surface area contributed by atoms with Gasteiger partial charge in [0.05, 0.1) is 4.47 Å². The lowest BCUT2D eigenvalue weighted by Crippen LogP contribution is -2.02. The van der Waals surface area contributed by atoms with Crippen molar-refractivity contribution in [2.24, 2.45) is 0 Å². The lowest BCUT2D eigenvalue weighted by Gasteiger charge is -2.02. The van der Waals surface area contributed by atoms with Crippen molar-refractivity contribution < 1.29 is 17.2 Å². The maximum absolute atomic E-state index is 13.1. The summed E-state index contributed by atoms with van der Waals surface area (Å²) >= 11 is 2.61. The molecule has 0 aliphatic heterocycles. The van der Waals surface area contributed by atoms with Crippen LogP contribution in [0.4, 0.5) is 8.78 Å². The summed E-state index contributed by atoms with van der Waals surface area (Å²) in [6.07, 6.45) is 0.857. The Hall–Kier alpha value is -0.490. The Morgan fingerprint density at radius 1 is 1.31 bits per heavy atom. The van der Waals surface area contributed by atoms with Gasteiger partial charge in [0.1, 0.15) is 10.7 Å². The van der Waals surface area contributed by atoms with Crippen LogP contribution in [0.1, 0.15) is 0 Å². The lowest BCUT2D eigenvalue weighted by molar-refractivity contribution is 0.542. The minimum absolute atomic E-state index is 0.463. The third kappa shape index (κ3) is 2.05. The van der Waals surface area contributed by atoms with E-state index in [9.17, 15) is 17.2 Å². The molecule has 0 unspecified atom stereocenters. The van der Waals surface area contributed by atoms with E-state index < -0.39 is 30.8 Å². The first kappa shape index (κ1) is 10.6. The molecule has 0 heterocycles. The van der Waals surface area contributed by atoms with Crippen LogP contribution < -0.4 is 0 Å². The van der Waals surface area contributed by atoms with E-state index in [1.54, 1.807) is 0 Å². The van der Waals surface area contributed by atoms with Crippen LogP contribution in [0.2, 0.25) is 0 Å². The molecule has 0 bridgehead atoms. The summed E-state index contributed by atoms with van der Waals surface area (Å²) in [5, 5.41) is 0. The van der Waals surface area contributed by atoms with Crippen LogP contribution in [0.5, 0.6) is 0 Å². The van der Waals surface area contributed by atoms with Gasteiger partial charge in [0, 0.05) is 6.26 Å². The second-order valence-electron chi connectivity index (χ2n) is 2.45. The molecule has 0 atom stereocenters. The molecular weight excluding hydrogens is 266 g/mol. The van der Waals surface area contributed by atoms with Crippen molar-refractivity contribution in [3.05, 3.63) is 28.2 Å². The van der Waals surface area contributed by atoms with Gasteiger partial charge >= 0.3 is 0 Å². The van der Waals surface area contributed by atoms with E-state index in [0.29, 0.717) is 0 Å². The summed E-state index contributed by atoms with van der Waals surface area (Å²) in [5.74, 6) is -1.92. The summed E-state index contributed by atoms with van der Waals surface area (Å²) < 4.78 is 47.2. The highest BCUT2D eigenvalue weighted by atomic mass is 79.9. The fraction of sp³-hybridized carbons (Fsp3) is 0.143. The number of sulfone groups is 1. The van der Waals surface area contributed by atoms with E-state index in [2.05, 4.69) is 15.9 Å². The van der Waals surface area contributed by atoms with Crippen molar-refractivity contribution in [2.75, 3.05) is 6.26 Å². The number of hydrogen-bond donors (Lipinski definition) is 0. The zero-order chi connectivity index (χ0) is 10.2. The van der Waals surface area contributed by atoms with Gasteiger partial charge in [-0.3, -0.25) is 0 Å². The monoisotopic (exact) mass is 270 g/mol. The lowest BCUT2D eigenvalue weighted by atomic mass is 10.3. The first-order valence-corrected chi connectivity index (χ1v) is 5.86. The summed E-state index contributed by atoms with van der Waals surface area (Å²) in [6, 6.07) is 1.79. The highest BCUT2D eigenvalue weighted by molar-refractivity contribution is 9.10. The van der Waals surface area contributed by atoms with Crippen molar-refractivity contribution in [2.45, 2.75) is 4.90 Å². The predicted molar refractivity (Wildman–Crippen MR) is 47.2 cm³/mol. The number of hydrogen-bond acceptors (Lipinski definition) is 2. The van der Waals surface area contributed by atoms with Gasteiger partial charge in [0.15, 0.2) is 15.7 Å². The van der Waals surface area contributed by atoms with E-state index in [0.717, 1.165) is 18.4 Å². The molecule has 6 heteroatoms. The van der Waals surface area contributed by atoms with Crippen LogP contribution in [0.25, 0.3) is 0 Å². The smallest absolute Gasteiger partial charge is 0.178 e. The molecule has 0 aliphatic carbocycles. The first-order chi connectivity index (χ1) is 5.84. The molecule has 0 saturated carbocycles. The van der Waals surface area contributed by atoms with Crippen molar-refractivity contribution in [3.8, 4) is 0 Å². The highest BCUT2D eigenvalue weighted by Crippen LogP contribution is 2.25. The fourth-order valence-electron chi connectivity index (χ4n) is 0.795. The molecule has 0 spiro atoms. The van der Waals surface area contributed by atoms with Crippen molar-refractivity contribution >= 4 is 25.8 Å². The third-order valence-corrected chi connectivity index (χ3v) is 3.24. The molecular formula is C7H5BrF2O2S. The standard InChI is InChI=1S/C7H5BrF2O2S/c1-13(11,12)5-3-2-4(9)6(8)7(5)10/h2-3H,1H3. The predicted octanol–water partition coefficient (Wildman–Crippen LogP) is 2.13. The summed E-state index contributed by atoms with van der Waals surface area (Å²) in [6.45, 7) is 0. The van der Waals surface area contributed by atoms with Crippen LogP contribution in [0.15, 0.2) is 21.5 Å². The normalized spacial score (nSPS) is 11.7. The molecule has 0 fully saturated rings.